The first-order valence-electron chi connectivity index (χ1n) is 6.78. The topological polar surface area (TPSA) is 74.7 Å². The highest BCUT2D eigenvalue weighted by atomic mass is 16.4. The van der Waals surface area contributed by atoms with E-state index < -0.39 is 0 Å². The normalized spacial score (nSPS) is 15.5. The predicted molar refractivity (Wildman–Crippen MR) is 76.9 cm³/mol. The van der Waals surface area contributed by atoms with Crippen molar-refractivity contribution >= 4 is 11.7 Å². The molecule has 5 heteroatoms. The molecule has 0 radical (unpaired) electrons. The van der Waals surface area contributed by atoms with Gasteiger partial charge in [0.1, 0.15) is 5.82 Å². The van der Waals surface area contributed by atoms with Gasteiger partial charge in [0.25, 0.3) is 0 Å². The quantitative estimate of drug-likeness (QED) is 0.377. The van der Waals surface area contributed by atoms with Gasteiger partial charge in [-0.25, -0.2) is 4.98 Å². The molecule has 0 bridgehead atoms. The maximum atomic E-state index is 8.95. The van der Waals surface area contributed by atoms with Gasteiger partial charge >= 0.3 is 0 Å². The Bertz CT molecular complexity index is 496. The summed E-state index contributed by atoms with van der Waals surface area (Å²) in [6, 6.07) is 2.34. The lowest BCUT2D eigenvalue weighted by Crippen LogP contribution is -2.31. The molecule has 19 heavy (non-hydrogen) atoms. The van der Waals surface area contributed by atoms with Crippen molar-refractivity contribution in [3.05, 3.63) is 22.9 Å². The van der Waals surface area contributed by atoms with Crippen LogP contribution in [0.5, 0.6) is 0 Å². The van der Waals surface area contributed by atoms with Crippen LogP contribution in [0.3, 0.4) is 0 Å². The smallest absolute Gasteiger partial charge is 0.173 e. The summed E-state index contributed by atoms with van der Waals surface area (Å²) in [5.74, 6) is 0.925. The Labute approximate surface area is 114 Å². The van der Waals surface area contributed by atoms with E-state index in [1.807, 2.05) is 13.1 Å². The van der Waals surface area contributed by atoms with Crippen molar-refractivity contribution in [3.63, 3.8) is 0 Å². The van der Waals surface area contributed by atoms with E-state index in [0.29, 0.717) is 6.04 Å². The van der Waals surface area contributed by atoms with E-state index in [0.717, 1.165) is 29.9 Å². The van der Waals surface area contributed by atoms with Crippen molar-refractivity contribution in [2.75, 3.05) is 11.9 Å². The van der Waals surface area contributed by atoms with Gasteiger partial charge < -0.3 is 15.8 Å². The molecule has 0 saturated carbocycles. The molecule has 1 heterocycles. The van der Waals surface area contributed by atoms with E-state index in [1.165, 1.54) is 18.4 Å². The summed E-state index contributed by atoms with van der Waals surface area (Å²) in [4.78, 5) is 6.82. The Balaban J connectivity index is 2.55. The van der Waals surface area contributed by atoms with Crippen LogP contribution in [0.25, 0.3) is 0 Å². The van der Waals surface area contributed by atoms with Crippen molar-refractivity contribution < 1.29 is 5.21 Å². The molecule has 104 valence electrons. The standard InChI is InChI=1S/C14H22N4O/c1-9(2)18(3)14-11(13(15)17-19)8-10-6-4-5-7-12(10)16-14/h8-9,19H,4-7H2,1-3H3,(H2,15,17). The molecule has 0 aromatic carbocycles. The molecule has 0 amide bonds. The third-order valence-electron chi connectivity index (χ3n) is 3.77. The number of oxime groups is 1. The van der Waals surface area contributed by atoms with Gasteiger partial charge in [0.05, 0.1) is 5.56 Å². The Morgan fingerprint density at radius 3 is 2.74 bits per heavy atom. The summed E-state index contributed by atoms with van der Waals surface area (Å²) in [6.45, 7) is 4.19. The molecule has 1 aliphatic carbocycles. The number of aromatic nitrogens is 1. The number of nitrogens with two attached hydrogens (primary N) is 1. The summed E-state index contributed by atoms with van der Waals surface area (Å²) >= 11 is 0. The summed E-state index contributed by atoms with van der Waals surface area (Å²) < 4.78 is 0. The Kier molecular flexibility index (Phi) is 3.93. The van der Waals surface area contributed by atoms with E-state index in [1.54, 1.807) is 0 Å². The maximum Gasteiger partial charge on any atom is 0.173 e. The number of nitrogens with zero attached hydrogens (tertiary/aromatic N) is 3. The first-order chi connectivity index (χ1) is 9.04. The zero-order chi connectivity index (χ0) is 14.0. The predicted octanol–water partition coefficient (Wildman–Crippen LogP) is 1.90. The van der Waals surface area contributed by atoms with Gasteiger partial charge in [-0.05, 0) is 51.2 Å². The number of hydrogen-bond acceptors (Lipinski definition) is 4. The van der Waals surface area contributed by atoms with Gasteiger partial charge in [0.2, 0.25) is 0 Å². The van der Waals surface area contributed by atoms with E-state index >= 15 is 0 Å². The monoisotopic (exact) mass is 262 g/mol. The van der Waals surface area contributed by atoms with Crippen molar-refractivity contribution in [3.8, 4) is 0 Å². The van der Waals surface area contributed by atoms with Gasteiger partial charge in [-0.15, -0.1) is 0 Å². The average Bonchev–Trinajstić information content (AvgIpc) is 2.44. The molecule has 5 nitrogen and oxygen atoms in total. The van der Waals surface area contributed by atoms with E-state index in [-0.39, 0.29) is 5.84 Å². The van der Waals surface area contributed by atoms with Gasteiger partial charge in [-0.1, -0.05) is 5.16 Å². The number of fused-ring (bicyclic) bond motifs is 1. The van der Waals surface area contributed by atoms with Crippen LogP contribution < -0.4 is 10.6 Å². The third kappa shape index (κ3) is 2.64. The molecule has 0 saturated heterocycles. The number of anilines is 1. The molecule has 0 unspecified atom stereocenters. The van der Waals surface area contributed by atoms with Crippen molar-refractivity contribution in [2.24, 2.45) is 10.9 Å². The van der Waals surface area contributed by atoms with Gasteiger partial charge in [0, 0.05) is 18.8 Å². The fourth-order valence-corrected chi connectivity index (χ4v) is 2.38. The van der Waals surface area contributed by atoms with Crippen LogP contribution in [-0.2, 0) is 12.8 Å². The number of rotatable bonds is 3. The molecule has 1 aliphatic rings. The first-order valence-corrected chi connectivity index (χ1v) is 6.78. The first kappa shape index (κ1) is 13.6. The van der Waals surface area contributed by atoms with Crippen molar-refractivity contribution in [1.29, 1.82) is 0 Å². The molecule has 0 fully saturated rings. The van der Waals surface area contributed by atoms with Crippen molar-refractivity contribution in [1.82, 2.24) is 4.98 Å². The van der Waals surface area contributed by atoms with E-state index in [2.05, 4.69) is 23.9 Å². The van der Waals surface area contributed by atoms with Crippen LogP contribution in [0.1, 0.15) is 43.5 Å². The zero-order valence-electron chi connectivity index (χ0n) is 11.8. The van der Waals surface area contributed by atoms with Crippen LogP contribution in [0, 0.1) is 0 Å². The van der Waals surface area contributed by atoms with Crippen molar-refractivity contribution in [2.45, 2.75) is 45.6 Å². The second-order valence-electron chi connectivity index (χ2n) is 5.36. The molecule has 0 atom stereocenters. The molecule has 3 N–H and O–H groups in total. The van der Waals surface area contributed by atoms with E-state index in [4.69, 9.17) is 15.9 Å². The van der Waals surface area contributed by atoms with Gasteiger partial charge in [-0.2, -0.15) is 0 Å². The molecular formula is C14H22N4O. The highest BCUT2D eigenvalue weighted by Crippen LogP contribution is 2.27. The second-order valence-corrected chi connectivity index (χ2v) is 5.36. The Morgan fingerprint density at radius 1 is 1.42 bits per heavy atom. The third-order valence-corrected chi connectivity index (χ3v) is 3.77. The summed E-state index contributed by atoms with van der Waals surface area (Å²) in [5.41, 5.74) is 8.91. The van der Waals surface area contributed by atoms with Crippen LogP contribution >= 0.6 is 0 Å². The maximum absolute atomic E-state index is 8.95. The minimum atomic E-state index is 0.128. The minimum absolute atomic E-state index is 0.128. The second kappa shape index (κ2) is 5.47. The van der Waals surface area contributed by atoms with Crippen LogP contribution in [-0.4, -0.2) is 29.1 Å². The summed E-state index contributed by atoms with van der Waals surface area (Å²) in [6.07, 6.45) is 4.42. The fourth-order valence-electron chi connectivity index (χ4n) is 2.38. The number of hydrogen-bond donors (Lipinski definition) is 2. The largest absolute Gasteiger partial charge is 0.409 e. The highest BCUT2D eigenvalue weighted by molar-refractivity contribution is 6.01. The lowest BCUT2D eigenvalue weighted by molar-refractivity contribution is 0.318. The van der Waals surface area contributed by atoms with Crippen LogP contribution in [0.15, 0.2) is 11.2 Å². The SMILES string of the molecule is CC(C)N(C)c1nc2c(cc1C(N)=NO)CCCC2. The molecule has 0 spiro atoms. The molecule has 2 rings (SSSR count). The highest BCUT2D eigenvalue weighted by Gasteiger charge is 2.20. The fraction of sp³-hybridized carbons (Fsp3) is 0.571. The number of aryl methyl sites for hydroxylation is 2. The Morgan fingerprint density at radius 2 is 2.11 bits per heavy atom. The van der Waals surface area contributed by atoms with Crippen LogP contribution in [0.2, 0.25) is 0 Å². The van der Waals surface area contributed by atoms with Gasteiger partial charge in [-0.3, -0.25) is 0 Å². The van der Waals surface area contributed by atoms with E-state index in [9.17, 15) is 0 Å². The summed E-state index contributed by atoms with van der Waals surface area (Å²) in [5, 5.41) is 12.1. The number of pyridine rings is 1. The lowest BCUT2D eigenvalue weighted by Gasteiger charge is -2.27. The molecular weight excluding hydrogens is 240 g/mol. The molecule has 1 aromatic heterocycles. The molecule has 1 aromatic rings. The minimum Gasteiger partial charge on any atom is -0.409 e. The lowest BCUT2D eigenvalue weighted by atomic mass is 9.94. The summed E-state index contributed by atoms with van der Waals surface area (Å²) in [7, 11) is 1.98. The average molecular weight is 262 g/mol. The molecule has 0 aliphatic heterocycles. The Hall–Kier alpha value is -1.78. The zero-order valence-corrected chi connectivity index (χ0v) is 11.8. The van der Waals surface area contributed by atoms with Crippen LogP contribution in [0.4, 0.5) is 5.82 Å². The van der Waals surface area contributed by atoms with Gasteiger partial charge in [0.15, 0.2) is 5.84 Å². The number of amidine groups is 1.